The molecule has 1 aromatic carbocycles. The van der Waals surface area contributed by atoms with E-state index in [9.17, 15) is 17.6 Å². The Kier molecular flexibility index (Phi) is 5.64. The topological polar surface area (TPSA) is 60.4 Å². The van der Waals surface area contributed by atoms with Crippen LogP contribution in [0.1, 0.15) is 13.8 Å². The number of rotatable bonds is 5. The van der Waals surface area contributed by atoms with Gasteiger partial charge in [-0.1, -0.05) is 18.2 Å². The van der Waals surface area contributed by atoms with Crippen molar-refractivity contribution in [3.63, 3.8) is 0 Å². The van der Waals surface area contributed by atoms with Crippen molar-refractivity contribution in [3.05, 3.63) is 53.2 Å². The minimum atomic E-state index is -4.18. The summed E-state index contributed by atoms with van der Waals surface area (Å²) in [6, 6.07) is 7.23. The minimum Gasteiger partial charge on any atom is -0.463 e. The molecule has 0 aliphatic rings. The van der Waals surface area contributed by atoms with Crippen LogP contribution in [-0.2, 0) is 19.4 Å². The van der Waals surface area contributed by atoms with Gasteiger partial charge in [0.2, 0.25) is 15.0 Å². The number of halogens is 1. The molecule has 0 heterocycles. The van der Waals surface area contributed by atoms with Crippen molar-refractivity contribution in [1.82, 2.24) is 0 Å². The van der Waals surface area contributed by atoms with Crippen LogP contribution in [0, 0.1) is 0 Å². The number of esters is 1. The van der Waals surface area contributed by atoms with Crippen LogP contribution in [0.25, 0.3) is 0 Å². The monoisotopic (exact) mass is 298 g/mol. The first-order chi connectivity index (χ1) is 9.37. The second kappa shape index (κ2) is 7.00. The molecular weight excluding hydrogens is 283 g/mol. The van der Waals surface area contributed by atoms with Gasteiger partial charge in [-0.05, 0) is 37.6 Å². The maximum atomic E-state index is 13.8. The van der Waals surface area contributed by atoms with Crippen LogP contribution in [0.5, 0.6) is 0 Å². The van der Waals surface area contributed by atoms with Crippen molar-refractivity contribution in [2.45, 2.75) is 18.7 Å². The van der Waals surface area contributed by atoms with Gasteiger partial charge in [0.25, 0.3) is 0 Å². The third kappa shape index (κ3) is 4.31. The third-order valence-corrected chi connectivity index (χ3v) is 3.81. The van der Waals surface area contributed by atoms with Crippen LogP contribution in [0.3, 0.4) is 0 Å². The summed E-state index contributed by atoms with van der Waals surface area (Å²) in [5.74, 6) is -0.647. The Bertz CT molecular complexity index is 630. The number of benzene rings is 1. The molecule has 0 saturated carbocycles. The summed E-state index contributed by atoms with van der Waals surface area (Å²) in [6.45, 7) is 3.24. The standard InChI is InChI=1S/C14H15FO4S/c1-3-19-14(16)10-11(2)9-13(15)20(17,18)12-7-5-4-6-8-12/h4-10H,3H2,1-2H3. The third-order valence-electron chi connectivity index (χ3n) is 2.28. The summed E-state index contributed by atoms with van der Waals surface area (Å²) < 4.78 is 42.3. The second-order valence-electron chi connectivity index (χ2n) is 3.91. The lowest BCUT2D eigenvalue weighted by Gasteiger charge is -2.02. The van der Waals surface area contributed by atoms with Gasteiger partial charge in [-0.3, -0.25) is 0 Å². The summed E-state index contributed by atoms with van der Waals surface area (Å²) in [5.41, 5.74) is 0.153. The van der Waals surface area contributed by atoms with E-state index in [0.717, 1.165) is 12.2 Å². The molecule has 0 bridgehead atoms. The highest BCUT2D eigenvalue weighted by molar-refractivity contribution is 7.95. The molecule has 1 aromatic rings. The number of hydrogen-bond acceptors (Lipinski definition) is 4. The van der Waals surface area contributed by atoms with Crippen molar-refractivity contribution in [3.8, 4) is 0 Å². The summed E-state index contributed by atoms with van der Waals surface area (Å²) in [4.78, 5) is 11.0. The minimum absolute atomic E-state index is 0.141. The number of carbonyl (C=O) groups is 1. The van der Waals surface area contributed by atoms with Gasteiger partial charge in [0, 0.05) is 6.08 Å². The first-order valence-electron chi connectivity index (χ1n) is 5.90. The van der Waals surface area contributed by atoms with E-state index in [1.54, 1.807) is 13.0 Å². The lowest BCUT2D eigenvalue weighted by Crippen LogP contribution is -2.02. The molecule has 4 nitrogen and oxygen atoms in total. The molecule has 0 spiro atoms. The van der Waals surface area contributed by atoms with Crippen LogP contribution in [0.15, 0.2) is 58.1 Å². The maximum Gasteiger partial charge on any atom is 0.331 e. The number of sulfone groups is 1. The smallest absolute Gasteiger partial charge is 0.331 e. The van der Waals surface area contributed by atoms with E-state index in [0.29, 0.717) is 0 Å². The lowest BCUT2D eigenvalue weighted by atomic mass is 10.3. The first kappa shape index (κ1) is 16.1. The molecule has 0 aliphatic heterocycles. The van der Waals surface area contributed by atoms with Crippen LogP contribution >= 0.6 is 0 Å². The van der Waals surface area contributed by atoms with Crippen LogP contribution in [0.2, 0.25) is 0 Å². The van der Waals surface area contributed by atoms with Crippen molar-refractivity contribution >= 4 is 15.8 Å². The zero-order valence-electron chi connectivity index (χ0n) is 11.2. The predicted octanol–water partition coefficient (Wildman–Crippen LogP) is 2.78. The van der Waals surface area contributed by atoms with Crippen LogP contribution in [0.4, 0.5) is 4.39 Å². The van der Waals surface area contributed by atoms with E-state index >= 15 is 0 Å². The van der Waals surface area contributed by atoms with Crippen molar-refractivity contribution in [1.29, 1.82) is 0 Å². The Morgan fingerprint density at radius 3 is 2.40 bits per heavy atom. The number of ether oxygens (including phenoxy) is 1. The zero-order chi connectivity index (χ0) is 15.2. The highest BCUT2D eigenvalue weighted by Crippen LogP contribution is 2.21. The number of allylic oxidation sites excluding steroid dienone is 2. The molecule has 0 saturated heterocycles. The van der Waals surface area contributed by atoms with Gasteiger partial charge in [0.15, 0.2) is 0 Å². The molecule has 20 heavy (non-hydrogen) atoms. The van der Waals surface area contributed by atoms with E-state index < -0.39 is 21.0 Å². The van der Waals surface area contributed by atoms with Crippen molar-refractivity contribution in [2.75, 3.05) is 6.61 Å². The molecule has 1 rings (SSSR count). The number of hydrogen-bond donors (Lipinski definition) is 0. The van der Waals surface area contributed by atoms with Crippen molar-refractivity contribution < 1.29 is 22.3 Å². The Labute approximate surface area is 117 Å². The zero-order valence-corrected chi connectivity index (χ0v) is 12.0. The van der Waals surface area contributed by atoms with Gasteiger partial charge in [0.1, 0.15) is 0 Å². The predicted molar refractivity (Wildman–Crippen MR) is 73.2 cm³/mol. The molecule has 0 radical (unpaired) electrons. The molecule has 0 atom stereocenters. The molecular formula is C14H15FO4S. The second-order valence-corrected chi connectivity index (χ2v) is 5.77. The Morgan fingerprint density at radius 2 is 1.85 bits per heavy atom. The van der Waals surface area contributed by atoms with Gasteiger partial charge in [-0.2, -0.15) is 4.39 Å². The fourth-order valence-corrected chi connectivity index (χ4v) is 2.46. The first-order valence-corrected chi connectivity index (χ1v) is 7.38. The quantitative estimate of drug-likeness (QED) is 0.476. The molecule has 6 heteroatoms. The Balaban J connectivity index is 3.02. The highest BCUT2D eigenvalue weighted by Gasteiger charge is 2.20. The molecule has 0 aliphatic carbocycles. The van der Waals surface area contributed by atoms with Gasteiger partial charge in [-0.25, -0.2) is 13.2 Å². The lowest BCUT2D eigenvalue weighted by molar-refractivity contribution is -0.137. The fraction of sp³-hybridized carbons (Fsp3) is 0.214. The Hall–Kier alpha value is -1.95. The summed E-state index contributed by atoms with van der Waals surface area (Å²) in [5, 5.41) is -1.32. The average molecular weight is 298 g/mol. The SMILES string of the molecule is CCOC(=O)C=C(C)C=C(F)S(=O)(=O)c1ccccc1. The largest absolute Gasteiger partial charge is 0.463 e. The molecule has 108 valence electrons. The van der Waals surface area contributed by atoms with E-state index in [2.05, 4.69) is 4.74 Å². The number of carbonyl (C=O) groups excluding carboxylic acids is 1. The van der Waals surface area contributed by atoms with Crippen LogP contribution in [-0.4, -0.2) is 21.0 Å². The van der Waals surface area contributed by atoms with Crippen molar-refractivity contribution in [2.24, 2.45) is 0 Å². The molecule has 0 fully saturated rings. The van der Waals surface area contributed by atoms with E-state index in [1.165, 1.54) is 31.2 Å². The fourth-order valence-electron chi connectivity index (χ4n) is 1.38. The maximum absolute atomic E-state index is 13.8. The highest BCUT2D eigenvalue weighted by atomic mass is 32.2. The molecule has 0 unspecified atom stereocenters. The summed E-state index contributed by atoms with van der Waals surface area (Å²) in [6.07, 6.45) is 1.82. The summed E-state index contributed by atoms with van der Waals surface area (Å²) in [7, 11) is -4.18. The van der Waals surface area contributed by atoms with Gasteiger partial charge < -0.3 is 4.74 Å². The molecule has 0 aromatic heterocycles. The normalized spacial score (nSPS) is 13.2. The molecule has 0 amide bonds. The van der Waals surface area contributed by atoms with E-state index in [1.807, 2.05) is 0 Å². The van der Waals surface area contributed by atoms with Gasteiger partial charge in [0.05, 0.1) is 11.5 Å². The van der Waals surface area contributed by atoms with Crippen LogP contribution < -0.4 is 0 Å². The Morgan fingerprint density at radius 1 is 1.25 bits per heavy atom. The van der Waals surface area contributed by atoms with E-state index in [4.69, 9.17) is 0 Å². The molecule has 0 N–H and O–H groups in total. The van der Waals surface area contributed by atoms with Gasteiger partial charge in [-0.15, -0.1) is 0 Å². The average Bonchev–Trinajstić information content (AvgIpc) is 2.39. The van der Waals surface area contributed by atoms with E-state index in [-0.39, 0.29) is 17.1 Å². The van der Waals surface area contributed by atoms with Gasteiger partial charge >= 0.3 is 5.97 Å². The summed E-state index contributed by atoms with van der Waals surface area (Å²) >= 11 is 0.